The second-order valence-corrected chi connectivity index (χ2v) is 6.45. The van der Waals surface area contributed by atoms with Crippen LogP contribution in [0.5, 0.6) is 5.75 Å². The van der Waals surface area contributed by atoms with Crippen LogP contribution in [-0.2, 0) is 4.57 Å². The van der Waals surface area contributed by atoms with Crippen molar-refractivity contribution >= 4 is 24.4 Å². The van der Waals surface area contributed by atoms with Crippen molar-refractivity contribution in [3.8, 4) is 5.75 Å². The van der Waals surface area contributed by atoms with Crippen LogP contribution in [-0.4, -0.2) is 37.1 Å². The fourth-order valence-electron chi connectivity index (χ4n) is 1.17. The molecule has 0 saturated carbocycles. The fourth-order valence-corrected chi connectivity index (χ4v) is 3.35. The van der Waals surface area contributed by atoms with E-state index < -0.39 is 7.52 Å². The normalized spacial score (nSPS) is 15.2. The number of benzene rings is 1. The van der Waals surface area contributed by atoms with Crippen molar-refractivity contribution in [1.29, 1.82) is 0 Å². The van der Waals surface area contributed by atoms with Crippen molar-refractivity contribution in [1.82, 2.24) is 4.90 Å². The molecule has 0 aliphatic carbocycles. The molecule has 0 saturated heterocycles. The summed E-state index contributed by atoms with van der Waals surface area (Å²) in [6, 6.07) is 9.07. The molecule has 0 bridgehead atoms. The van der Waals surface area contributed by atoms with Gasteiger partial charge in [-0.2, -0.15) is 4.76 Å². The predicted molar refractivity (Wildman–Crippen MR) is 75.2 cm³/mol. The molecule has 0 aliphatic heterocycles. The Balaban J connectivity index is 2.85. The summed E-state index contributed by atoms with van der Waals surface area (Å²) >= 11 is 1.44. The Morgan fingerprint density at radius 2 is 1.94 bits per heavy atom. The van der Waals surface area contributed by atoms with Crippen LogP contribution >= 0.6 is 19.3 Å². The second-order valence-electron chi connectivity index (χ2n) is 3.69. The van der Waals surface area contributed by atoms with Gasteiger partial charge < -0.3 is 9.42 Å². The lowest BCUT2D eigenvalue weighted by Crippen LogP contribution is -2.18. The highest BCUT2D eigenvalue weighted by Gasteiger charge is 2.18. The molecule has 0 heterocycles. The first-order valence-corrected chi connectivity index (χ1v) is 8.33. The molecule has 0 radical (unpaired) electrons. The maximum atomic E-state index is 12.2. The summed E-state index contributed by atoms with van der Waals surface area (Å²) in [5.74, 6) is 0.571. The van der Waals surface area contributed by atoms with Gasteiger partial charge in [0.2, 0.25) is 0 Å². The van der Waals surface area contributed by atoms with Gasteiger partial charge in [-0.1, -0.05) is 30.0 Å². The number of para-hydroxylation sites is 1. The Kier molecular flexibility index (Phi) is 5.09. The molecule has 0 spiro atoms. The minimum absolute atomic E-state index is 0.571. The van der Waals surface area contributed by atoms with E-state index in [0.29, 0.717) is 10.9 Å². The summed E-state index contributed by atoms with van der Waals surface area (Å²) in [5, 5.41) is 0.687. The van der Waals surface area contributed by atoms with Crippen molar-refractivity contribution in [3.05, 3.63) is 30.3 Å². The maximum Gasteiger partial charge on any atom is 0.361 e. The van der Waals surface area contributed by atoms with E-state index >= 15 is 0 Å². The number of thioether (sulfide) groups is 1. The predicted octanol–water partition coefficient (Wildman–Crippen LogP) is 3.17. The van der Waals surface area contributed by atoms with Gasteiger partial charge in [0.05, 0.1) is 0 Å². The van der Waals surface area contributed by atoms with Crippen LogP contribution in [0.2, 0.25) is 0 Å². The van der Waals surface area contributed by atoms with Gasteiger partial charge in [-0.05, 0) is 18.4 Å². The first kappa shape index (κ1) is 14.1. The van der Waals surface area contributed by atoms with Crippen LogP contribution in [0.25, 0.3) is 0 Å². The topological polar surface area (TPSA) is 41.9 Å². The van der Waals surface area contributed by atoms with Crippen molar-refractivity contribution < 1.29 is 9.09 Å². The van der Waals surface area contributed by atoms with E-state index in [4.69, 9.17) is 4.52 Å². The lowest BCUT2D eigenvalue weighted by molar-refractivity contribution is 0.488. The highest BCUT2D eigenvalue weighted by atomic mass is 32.2. The highest BCUT2D eigenvalue weighted by molar-refractivity contribution is 8.13. The zero-order chi connectivity index (χ0) is 12.9. The van der Waals surface area contributed by atoms with E-state index in [1.165, 1.54) is 18.4 Å². The van der Waals surface area contributed by atoms with E-state index in [0.717, 1.165) is 0 Å². The first-order valence-electron chi connectivity index (χ1n) is 5.08. The molecule has 0 N–H and O–H groups in total. The standard InChI is InChI=1S/C11H17N2O2PS/c1-13(2)11(17-4)12-16(3,14)15-10-8-6-5-7-9-10/h5-9H,1-4H3/b12-11-. The van der Waals surface area contributed by atoms with E-state index in [9.17, 15) is 4.57 Å². The average molecular weight is 272 g/mol. The van der Waals surface area contributed by atoms with Crippen molar-refractivity contribution in [2.24, 2.45) is 4.76 Å². The van der Waals surface area contributed by atoms with Crippen molar-refractivity contribution in [2.45, 2.75) is 0 Å². The van der Waals surface area contributed by atoms with Gasteiger partial charge in [-0.3, -0.25) is 4.57 Å². The lowest BCUT2D eigenvalue weighted by Gasteiger charge is -2.16. The quantitative estimate of drug-likeness (QED) is 0.481. The minimum Gasteiger partial charge on any atom is -0.428 e. The molecule has 1 aromatic carbocycles. The van der Waals surface area contributed by atoms with Gasteiger partial charge in [0.15, 0.2) is 5.17 Å². The largest absolute Gasteiger partial charge is 0.428 e. The fraction of sp³-hybridized carbons (Fsp3) is 0.364. The third-order valence-corrected chi connectivity index (χ3v) is 3.91. The van der Waals surface area contributed by atoms with Gasteiger partial charge in [0.25, 0.3) is 0 Å². The van der Waals surface area contributed by atoms with Gasteiger partial charge >= 0.3 is 7.52 Å². The summed E-state index contributed by atoms with van der Waals surface area (Å²) in [7, 11) is 0.702. The number of nitrogens with zero attached hydrogens (tertiary/aromatic N) is 2. The molecule has 0 aromatic heterocycles. The lowest BCUT2D eigenvalue weighted by atomic mass is 10.3. The Hall–Kier alpha value is -0.930. The van der Waals surface area contributed by atoms with Crippen LogP contribution < -0.4 is 4.52 Å². The summed E-state index contributed by atoms with van der Waals surface area (Å²) < 4.78 is 21.8. The molecular weight excluding hydrogens is 255 g/mol. The van der Waals surface area contributed by atoms with Gasteiger partial charge in [0.1, 0.15) is 5.75 Å². The average Bonchev–Trinajstić information content (AvgIpc) is 2.26. The monoisotopic (exact) mass is 272 g/mol. The van der Waals surface area contributed by atoms with Crippen LogP contribution in [0, 0.1) is 0 Å². The maximum absolute atomic E-state index is 12.2. The summed E-state index contributed by atoms with van der Waals surface area (Å²) in [6.45, 7) is 1.51. The molecule has 1 unspecified atom stereocenters. The Morgan fingerprint density at radius 1 is 1.35 bits per heavy atom. The zero-order valence-electron chi connectivity index (χ0n) is 10.5. The molecule has 6 heteroatoms. The molecule has 0 aliphatic rings. The summed E-state index contributed by atoms with van der Waals surface area (Å²) in [6.07, 6.45) is 1.89. The Morgan fingerprint density at radius 3 is 2.41 bits per heavy atom. The van der Waals surface area contributed by atoms with Crippen LogP contribution in [0.1, 0.15) is 0 Å². The molecule has 4 nitrogen and oxygen atoms in total. The van der Waals surface area contributed by atoms with Crippen LogP contribution in [0.4, 0.5) is 0 Å². The molecule has 1 atom stereocenters. The van der Waals surface area contributed by atoms with E-state index in [2.05, 4.69) is 4.76 Å². The molecule has 94 valence electrons. The van der Waals surface area contributed by atoms with Crippen molar-refractivity contribution in [3.63, 3.8) is 0 Å². The zero-order valence-corrected chi connectivity index (χ0v) is 12.2. The van der Waals surface area contributed by atoms with E-state index in [-0.39, 0.29) is 0 Å². The first-order chi connectivity index (χ1) is 7.94. The number of hydrogen-bond donors (Lipinski definition) is 0. The third kappa shape index (κ3) is 4.84. The van der Waals surface area contributed by atoms with Crippen LogP contribution in [0.3, 0.4) is 0 Å². The third-order valence-electron chi connectivity index (χ3n) is 1.85. The van der Waals surface area contributed by atoms with E-state index in [1.807, 2.05) is 43.5 Å². The number of amidine groups is 1. The minimum atomic E-state index is -3.02. The summed E-state index contributed by atoms with van der Waals surface area (Å²) in [5.41, 5.74) is 0. The second kappa shape index (κ2) is 6.12. The molecule has 0 amide bonds. The molecule has 0 fully saturated rings. The van der Waals surface area contributed by atoms with Gasteiger partial charge in [0, 0.05) is 20.8 Å². The number of hydrogen-bond acceptors (Lipinski definition) is 3. The molecule has 1 rings (SSSR count). The Bertz CT molecular complexity index is 434. The van der Waals surface area contributed by atoms with Crippen molar-refractivity contribution in [2.75, 3.05) is 27.0 Å². The smallest absolute Gasteiger partial charge is 0.361 e. The summed E-state index contributed by atoms with van der Waals surface area (Å²) in [4.78, 5) is 1.81. The number of rotatable bonds is 3. The molecular formula is C11H17N2O2PS. The van der Waals surface area contributed by atoms with Gasteiger partial charge in [-0.25, -0.2) is 0 Å². The van der Waals surface area contributed by atoms with E-state index in [1.54, 1.807) is 12.1 Å². The van der Waals surface area contributed by atoms with Gasteiger partial charge in [-0.15, -0.1) is 0 Å². The Labute approximate surface area is 107 Å². The molecule has 1 aromatic rings. The van der Waals surface area contributed by atoms with Crippen LogP contribution in [0.15, 0.2) is 35.1 Å². The SMILES string of the molecule is CS/C(=N\P(C)(=O)Oc1ccccc1)N(C)C. The molecule has 17 heavy (non-hydrogen) atoms. The highest BCUT2D eigenvalue weighted by Crippen LogP contribution is 2.45.